The molecular weight excluding hydrogens is 481 g/mol. The molecule has 2 aromatic rings. The number of carboxylic acid groups (broad SMARTS) is 1. The number of amides is 1. The molecule has 1 amide bonds. The molecule has 0 saturated heterocycles. The summed E-state index contributed by atoms with van der Waals surface area (Å²) in [5.74, 6) is -2.58. The van der Waals surface area contributed by atoms with Crippen LogP contribution in [0.15, 0.2) is 42.5 Å². The van der Waals surface area contributed by atoms with Gasteiger partial charge in [-0.3, -0.25) is 9.59 Å². The lowest BCUT2D eigenvalue weighted by Gasteiger charge is -2.31. The van der Waals surface area contributed by atoms with Crippen molar-refractivity contribution in [3.63, 3.8) is 0 Å². The van der Waals surface area contributed by atoms with E-state index in [4.69, 9.17) is 37.8 Å². The highest BCUT2D eigenvalue weighted by Crippen LogP contribution is 2.42. The summed E-state index contributed by atoms with van der Waals surface area (Å²) in [6, 6.07) is 12.2. The first-order valence-electron chi connectivity index (χ1n) is 10.8. The second-order valence-corrected chi connectivity index (χ2v) is 10.2. The van der Waals surface area contributed by atoms with Gasteiger partial charge >= 0.3 is 11.9 Å². The van der Waals surface area contributed by atoms with E-state index in [2.05, 4.69) is 0 Å². The smallest absolute Gasteiger partial charge is 0.344 e. The van der Waals surface area contributed by atoms with E-state index in [-0.39, 0.29) is 5.41 Å². The number of esters is 1. The first kappa shape index (κ1) is 26.0. The number of carbonyl (C=O) groups excluding carboxylic acids is 2. The third-order valence-electron chi connectivity index (χ3n) is 5.23. The Labute approximate surface area is 208 Å². The lowest BCUT2D eigenvalue weighted by atomic mass is 9.94. The lowest BCUT2D eigenvalue weighted by Crippen LogP contribution is -2.44. The van der Waals surface area contributed by atoms with Gasteiger partial charge in [0, 0.05) is 33.4 Å². The Morgan fingerprint density at radius 3 is 2.44 bits per heavy atom. The first-order valence-corrected chi connectivity index (χ1v) is 11.6. The molecule has 1 aliphatic rings. The topological polar surface area (TPSA) is 93.1 Å². The van der Waals surface area contributed by atoms with Gasteiger partial charge in [-0.1, -0.05) is 62.2 Å². The standard InChI is InChI=1S/C25H27Cl2NO6/c1-14(24(31)32)33-21(29)12-20-23(30)28(13-25(2,3)4)19-10-9-15(26)11-17(19)22(34-20)16-7-5-6-8-18(16)27/h5-11,14,20,22H,12-13H2,1-4H3,(H,31,32)/t14-,20-,22-/m1/s1. The van der Waals surface area contributed by atoms with Crippen LogP contribution in [0.25, 0.3) is 0 Å². The number of hydrogen-bond donors (Lipinski definition) is 1. The summed E-state index contributed by atoms with van der Waals surface area (Å²) in [6.45, 7) is 7.56. The molecule has 1 N–H and O–H groups in total. The number of rotatable bonds is 6. The maximum atomic E-state index is 13.7. The van der Waals surface area contributed by atoms with Crippen LogP contribution < -0.4 is 4.90 Å². The molecule has 0 bridgehead atoms. The highest BCUT2D eigenvalue weighted by atomic mass is 35.5. The Bertz CT molecular complexity index is 1100. The van der Waals surface area contributed by atoms with Gasteiger partial charge in [-0.25, -0.2) is 4.79 Å². The summed E-state index contributed by atoms with van der Waals surface area (Å²) >= 11 is 12.8. The number of carbonyl (C=O) groups is 3. The van der Waals surface area contributed by atoms with Crippen molar-refractivity contribution in [2.75, 3.05) is 11.4 Å². The Hall–Kier alpha value is -2.61. The normalized spacial score (nSPS) is 19.2. The second-order valence-electron chi connectivity index (χ2n) is 9.39. The van der Waals surface area contributed by atoms with E-state index < -0.39 is 42.6 Å². The largest absolute Gasteiger partial charge is 0.479 e. The maximum absolute atomic E-state index is 13.7. The van der Waals surface area contributed by atoms with Crippen molar-refractivity contribution in [1.29, 1.82) is 0 Å². The van der Waals surface area contributed by atoms with Crippen LogP contribution in [0.2, 0.25) is 10.0 Å². The summed E-state index contributed by atoms with van der Waals surface area (Å²) < 4.78 is 11.2. The van der Waals surface area contributed by atoms with E-state index >= 15 is 0 Å². The minimum absolute atomic E-state index is 0.278. The minimum atomic E-state index is -1.35. The number of carboxylic acids is 1. The van der Waals surface area contributed by atoms with Crippen LogP contribution in [0.4, 0.5) is 5.69 Å². The average Bonchev–Trinajstić information content (AvgIpc) is 2.83. The third kappa shape index (κ3) is 6.09. The zero-order valence-electron chi connectivity index (χ0n) is 19.4. The van der Waals surface area contributed by atoms with Gasteiger partial charge in [-0.05, 0) is 36.6 Å². The van der Waals surface area contributed by atoms with Crippen molar-refractivity contribution < 1.29 is 29.0 Å². The third-order valence-corrected chi connectivity index (χ3v) is 5.81. The van der Waals surface area contributed by atoms with Gasteiger partial charge in [0.1, 0.15) is 12.2 Å². The molecule has 9 heteroatoms. The molecule has 1 aliphatic heterocycles. The average molecular weight is 508 g/mol. The summed E-state index contributed by atoms with van der Waals surface area (Å²) in [4.78, 5) is 38.9. The summed E-state index contributed by atoms with van der Waals surface area (Å²) in [5, 5.41) is 9.94. The highest BCUT2D eigenvalue weighted by molar-refractivity contribution is 6.31. The molecular formula is C25H27Cl2NO6. The highest BCUT2D eigenvalue weighted by Gasteiger charge is 2.40. The van der Waals surface area contributed by atoms with E-state index in [0.717, 1.165) is 0 Å². The lowest BCUT2D eigenvalue weighted by molar-refractivity contribution is -0.165. The quantitative estimate of drug-likeness (QED) is 0.535. The molecule has 0 aliphatic carbocycles. The molecule has 0 saturated carbocycles. The number of anilines is 1. The van der Waals surface area contributed by atoms with E-state index in [1.807, 2.05) is 20.8 Å². The van der Waals surface area contributed by atoms with Crippen molar-refractivity contribution in [1.82, 2.24) is 0 Å². The Kier molecular flexibility index (Phi) is 7.91. The van der Waals surface area contributed by atoms with Gasteiger partial charge in [0.25, 0.3) is 5.91 Å². The van der Waals surface area contributed by atoms with Gasteiger partial charge in [-0.15, -0.1) is 0 Å². The van der Waals surface area contributed by atoms with E-state index in [1.165, 1.54) is 6.92 Å². The number of fused-ring (bicyclic) bond motifs is 1. The van der Waals surface area contributed by atoms with Crippen LogP contribution in [0.3, 0.4) is 0 Å². The number of hydrogen-bond acceptors (Lipinski definition) is 5. The van der Waals surface area contributed by atoms with Crippen molar-refractivity contribution >= 4 is 46.7 Å². The van der Waals surface area contributed by atoms with Crippen molar-refractivity contribution in [2.24, 2.45) is 5.41 Å². The van der Waals surface area contributed by atoms with Crippen LogP contribution in [-0.4, -0.2) is 41.7 Å². The molecule has 3 rings (SSSR count). The van der Waals surface area contributed by atoms with Gasteiger partial charge in [0.2, 0.25) is 0 Å². The maximum Gasteiger partial charge on any atom is 0.344 e. The van der Waals surface area contributed by atoms with E-state index in [1.54, 1.807) is 47.4 Å². The van der Waals surface area contributed by atoms with Crippen LogP contribution in [0.5, 0.6) is 0 Å². The zero-order valence-corrected chi connectivity index (χ0v) is 20.9. The summed E-state index contributed by atoms with van der Waals surface area (Å²) in [5.41, 5.74) is 1.56. The Morgan fingerprint density at radius 2 is 1.82 bits per heavy atom. The van der Waals surface area contributed by atoms with Crippen molar-refractivity contribution in [3.05, 3.63) is 63.6 Å². The number of benzene rings is 2. The molecule has 182 valence electrons. The monoisotopic (exact) mass is 507 g/mol. The second kappa shape index (κ2) is 10.3. The van der Waals surface area contributed by atoms with Crippen molar-refractivity contribution in [3.8, 4) is 0 Å². The fraction of sp³-hybridized carbons (Fsp3) is 0.400. The molecule has 34 heavy (non-hydrogen) atoms. The molecule has 7 nitrogen and oxygen atoms in total. The molecule has 0 aromatic heterocycles. The number of nitrogens with zero attached hydrogens (tertiary/aromatic N) is 1. The van der Waals surface area contributed by atoms with Crippen LogP contribution >= 0.6 is 23.2 Å². The van der Waals surface area contributed by atoms with Gasteiger partial charge in [-0.2, -0.15) is 0 Å². The zero-order chi connectivity index (χ0) is 25.2. The van der Waals surface area contributed by atoms with Crippen LogP contribution in [-0.2, 0) is 23.9 Å². The van der Waals surface area contributed by atoms with Crippen LogP contribution in [0, 0.1) is 5.41 Å². The number of aliphatic carboxylic acids is 1. The molecule has 2 aromatic carbocycles. The molecule has 0 fully saturated rings. The Balaban J connectivity index is 2.11. The number of ether oxygens (including phenoxy) is 2. The fourth-order valence-corrected chi connectivity index (χ4v) is 4.13. The van der Waals surface area contributed by atoms with Crippen molar-refractivity contribution in [2.45, 2.75) is 52.4 Å². The molecule has 0 unspecified atom stereocenters. The molecule has 0 radical (unpaired) electrons. The van der Waals surface area contributed by atoms with Gasteiger partial charge in [0.15, 0.2) is 6.10 Å². The predicted octanol–water partition coefficient (Wildman–Crippen LogP) is 5.27. The van der Waals surface area contributed by atoms with Crippen LogP contribution in [0.1, 0.15) is 51.3 Å². The molecule has 3 atom stereocenters. The van der Waals surface area contributed by atoms with E-state index in [0.29, 0.717) is 33.4 Å². The van der Waals surface area contributed by atoms with Gasteiger partial charge in [0.05, 0.1) is 6.42 Å². The number of halogens is 2. The fourth-order valence-electron chi connectivity index (χ4n) is 3.72. The minimum Gasteiger partial charge on any atom is -0.479 e. The predicted molar refractivity (Wildman–Crippen MR) is 129 cm³/mol. The molecule has 0 spiro atoms. The summed E-state index contributed by atoms with van der Waals surface area (Å²) in [7, 11) is 0. The van der Waals surface area contributed by atoms with Gasteiger partial charge < -0.3 is 19.5 Å². The summed E-state index contributed by atoms with van der Waals surface area (Å²) in [6.07, 6.45) is -3.84. The van der Waals surface area contributed by atoms with E-state index in [9.17, 15) is 14.4 Å². The Morgan fingerprint density at radius 1 is 1.15 bits per heavy atom. The SMILES string of the molecule is C[C@@H](OC(=O)C[C@H]1O[C@H](c2ccccc2Cl)c2cc(Cl)ccc2N(CC(C)(C)C)C1=O)C(=O)O. The molecule has 1 heterocycles. The first-order chi connectivity index (χ1) is 15.9.